The molecule has 76 valence electrons. The van der Waals surface area contributed by atoms with Crippen molar-refractivity contribution in [3.8, 4) is 11.5 Å². The van der Waals surface area contributed by atoms with Crippen molar-refractivity contribution in [1.82, 2.24) is 0 Å². The number of aliphatic hydroxyl groups is 1. The van der Waals surface area contributed by atoms with E-state index in [0.29, 0.717) is 0 Å². The maximum atomic E-state index is 10.6. The molecule has 5 nitrogen and oxygen atoms in total. The number of ether oxygens (including phenoxy) is 1. The number of phenolic OH excluding ortho intramolecular Hbond substituents is 1. The predicted octanol–water partition coefficient (Wildman–Crippen LogP) is 0.519. The van der Waals surface area contributed by atoms with Gasteiger partial charge in [0.25, 0.3) is 0 Å². The third kappa shape index (κ3) is 1.94. The summed E-state index contributed by atoms with van der Waals surface area (Å²) in [4.78, 5) is 10.6. The highest BCUT2D eigenvalue weighted by Gasteiger charge is 2.17. The topological polar surface area (TPSA) is 87.0 Å². The Morgan fingerprint density at radius 2 is 2.29 bits per heavy atom. The Bertz CT molecular complexity index is 388. The third-order valence-electron chi connectivity index (χ3n) is 1.66. The number of aromatic hydroxyl groups is 1. The van der Waals surface area contributed by atoms with Crippen molar-refractivity contribution < 1.29 is 26.2 Å². The molecule has 1 atom stereocenters. The number of hydrogen-bond donors (Lipinski definition) is 3. The van der Waals surface area contributed by atoms with Crippen LogP contribution in [0.15, 0.2) is 18.2 Å². The predicted molar refractivity (Wildman–Crippen MR) is 47.3 cm³/mol. The molecule has 0 heterocycles. The Labute approximate surface area is 81.6 Å². The summed E-state index contributed by atoms with van der Waals surface area (Å²) in [7, 11) is 1.28. The van der Waals surface area contributed by atoms with Gasteiger partial charge in [-0.3, -0.25) is 0 Å². The van der Waals surface area contributed by atoms with Crippen molar-refractivity contribution in [3.05, 3.63) is 23.8 Å². The Kier molecular flexibility index (Phi) is 2.51. The second-order valence-electron chi connectivity index (χ2n) is 2.54. The van der Waals surface area contributed by atoms with Crippen molar-refractivity contribution in [2.75, 3.05) is 7.11 Å². The standard InChI is InChI=1S/C9H10O5/c1-14-7-4-5(2-3-6(7)10)8(11)9(12)13/h2-4,8,10-11H,1H3,(H,12,13)/i8D. The van der Waals surface area contributed by atoms with E-state index >= 15 is 0 Å². The van der Waals surface area contributed by atoms with Crippen LogP contribution in [0.5, 0.6) is 11.5 Å². The minimum absolute atomic E-state index is 0.000532. The van der Waals surface area contributed by atoms with Gasteiger partial charge in [0.15, 0.2) is 17.6 Å². The lowest BCUT2D eigenvalue weighted by molar-refractivity contribution is -0.146. The van der Waals surface area contributed by atoms with Crippen LogP contribution in [0.1, 0.15) is 13.0 Å². The zero-order chi connectivity index (χ0) is 11.6. The average molecular weight is 199 g/mol. The molecule has 0 bridgehead atoms. The Morgan fingerprint density at radius 1 is 1.64 bits per heavy atom. The normalized spacial score (nSPS) is 15.4. The van der Waals surface area contributed by atoms with E-state index in [2.05, 4.69) is 0 Å². The Hall–Kier alpha value is -1.75. The summed E-state index contributed by atoms with van der Waals surface area (Å²) in [5, 5.41) is 27.1. The first-order valence-electron chi connectivity index (χ1n) is 4.23. The van der Waals surface area contributed by atoms with Crippen molar-refractivity contribution in [1.29, 1.82) is 0 Å². The maximum Gasteiger partial charge on any atom is 0.337 e. The van der Waals surface area contributed by atoms with Gasteiger partial charge in [0.05, 0.1) is 8.48 Å². The Balaban J connectivity index is 3.22. The summed E-state index contributed by atoms with van der Waals surface area (Å²) >= 11 is 0. The van der Waals surface area contributed by atoms with Gasteiger partial charge in [-0.1, -0.05) is 6.07 Å². The van der Waals surface area contributed by atoms with Crippen LogP contribution < -0.4 is 4.74 Å². The quantitative estimate of drug-likeness (QED) is 0.660. The van der Waals surface area contributed by atoms with Gasteiger partial charge in [0.2, 0.25) is 0 Å². The molecule has 14 heavy (non-hydrogen) atoms. The first kappa shape index (κ1) is 8.83. The van der Waals surface area contributed by atoms with Crippen LogP contribution in [0.3, 0.4) is 0 Å². The van der Waals surface area contributed by atoms with Crippen LogP contribution in [0.4, 0.5) is 0 Å². The largest absolute Gasteiger partial charge is 0.504 e. The zero-order valence-corrected chi connectivity index (χ0v) is 7.39. The summed E-state index contributed by atoms with van der Waals surface area (Å²) in [6.07, 6.45) is -2.75. The van der Waals surface area contributed by atoms with E-state index in [1.807, 2.05) is 0 Å². The fraction of sp³-hybridized carbons (Fsp3) is 0.222. The van der Waals surface area contributed by atoms with E-state index in [1.54, 1.807) is 0 Å². The number of carboxylic acids is 1. The molecule has 0 aliphatic rings. The first-order chi connectivity index (χ1) is 6.89. The van der Waals surface area contributed by atoms with E-state index in [0.717, 1.165) is 18.2 Å². The van der Waals surface area contributed by atoms with Gasteiger partial charge in [-0.2, -0.15) is 0 Å². The molecule has 3 N–H and O–H groups in total. The molecule has 0 spiro atoms. The third-order valence-corrected chi connectivity index (χ3v) is 1.66. The number of benzene rings is 1. The van der Waals surface area contributed by atoms with Gasteiger partial charge in [-0.05, 0) is 17.7 Å². The molecule has 0 aliphatic heterocycles. The molecule has 0 saturated carbocycles. The molecular formula is C9H10O5. The number of carbonyl (C=O) groups is 1. The molecule has 5 heteroatoms. The van der Waals surface area contributed by atoms with E-state index in [4.69, 9.17) is 11.2 Å². The molecule has 0 fully saturated rings. The average Bonchev–Trinajstić information content (AvgIpc) is 2.18. The van der Waals surface area contributed by atoms with Gasteiger partial charge in [-0.25, -0.2) is 4.79 Å². The Morgan fingerprint density at radius 3 is 2.79 bits per heavy atom. The summed E-state index contributed by atoms with van der Waals surface area (Å²) in [6.45, 7) is 0. The molecule has 0 aliphatic carbocycles. The lowest BCUT2D eigenvalue weighted by Crippen LogP contribution is -2.10. The molecule has 1 aromatic rings. The molecular weight excluding hydrogens is 188 g/mol. The van der Waals surface area contributed by atoms with E-state index in [9.17, 15) is 15.0 Å². The number of methoxy groups -OCH3 is 1. The van der Waals surface area contributed by atoms with E-state index in [-0.39, 0.29) is 17.1 Å². The smallest absolute Gasteiger partial charge is 0.337 e. The second-order valence-corrected chi connectivity index (χ2v) is 2.54. The van der Waals surface area contributed by atoms with Crippen LogP contribution >= 0.6 is 0 Å². The molecule has 0 saturated heterocycles. The van der Waals surface area contributed by atoms with Gasteiger partial charge < -0.3 is 20.1 Å². The molecule has 0 aromatic heterocycles. The first-order valence-corrected chi connectivity index (χ1v) is 3.73. The molecule has 1 unspecified atom stereocenters. The molecule has 0 radical (unpaired) electrons. The second kappa shape index (κ2) is 3.97. The van der Waals surface area contributed by atoms with Crippen LogP contribution in [0, 0.1) is 0 Å². The van der Waals surface area contributed by atoms with Crippen molar-refractivity contribution >= 4 is 5.97 Å². The highest BCUT2D eigenvalue weighted by atomic mass is 16.5. The summed E-state index contributed by atoms with van der Waals surface area (Å²) in [5.41, 5.74) is -0.190. The number of carboxylic acid groups (broad SMARTS) is 1. The fourth-order valence-electron chi connectivity index (χ4n) is 0.948. The van der Waals surface area contributed by atoms with Gasteiger partial charge in [0, 0.05) is 0 Å². The summed E-state index contributed by atoms with van der Waals surface area (Å²) in [6, 6.07) is 3.38. The minimum atomic E-state index is -2.75. The SMILES string of the molecule is [2H]C(O)(C(=O)O)c1ccc(O)c(OC)c1. The number of aliphatic carboxylic acids is 1. The lowest BCUT2D eigenvalue weighted by Gasteiger charge is -2.08. The van der Waals surface area contributed by atoms with Gasteiger partial charge >= 0.3 is 5.97 Å². The van der Waals surface area contributed by atoms with Crippen molar-refractivity contribution in [3.63, 3.8) is 0 Å². The summed E-state index contributed by atoms with van der Waals surface area (Å²) in [5.74, 6) is -1.89. The van der Waals surface area contributed by atoms with Crippen LogP contribution in [-0.4, -0.2) is 28.4 Å². The van der Waals surface area contributed by atoms with E-state index in [1.165, 1.54) is 7.11 Å². The number of hydrogen-bond acceptors (Lipinski definition) is 4. The molecule has 0 amide bonds. The fourth-order valence-corrected chi connectivity index (χ4v) is 0.948. The highest BCUT2D eigenvalue weighted by molar-refractivity contribution is 5.74. The van der Waals surface area contributed by atoms with Crippen LogP contribution in [0.2, 0.25) is 0 Å². The minimum Gasteiger partial charge on any atom is -0.504 e. The van der Waals surface area contributed by atoms with Crippen molar-refractivity contribution in [2.45, 2.75) is 6.08 Å². The van der Waals surface area contributed by atoms with E-state index < -0.39 is 12.0 Å². The molecule has 1 aromatic carbocycles. The van der Waals surface area contributed by atoms with Gasteiger partial charge in [0.1, 0.15) is 0 Å². The number of phenols is 1. The van der Waals surface area contributed by atoms with Gasteiger partial charge in [-0.15, -0.1) is 0 Å². The molecule has 1 rings (SSSR count). The number of rotatable bonds is 3. The van der Waals surface area contributed by atoms with Crippen LogP contribution in [-0.2, 0) is 4.79 Å². The lowest BCUT2D eigenvalue weighted by atomic mass is 10.1. The van der Waals surface area contributed by atoms with Crippen LogP contribution in [0.25, 0.3) is 0 Å². The van der Waals surface area contributed by atoms with Crippen molar-refractivity contribution in [2.24, 2.45) is 0 Å². The highest BCUT2D eigenvalue weighted by Crippen LogP contribution is 2.28. The summed E-state index contributed by atoms with van der Waals surface area (Å²) < 4.78 is 11.9. The maximum absolute atomic E-state index is 10.6. The zero-order valence-electron chi connectivity index (χ0n) is 8.39. The monoisotopic (exact) mass is 199 g/mol.